The van der Waals surface area contributed by atoms with Crippen molar-refractivity contribution < 1.29 is 14.3 Å². The Morgan fingerprint density at radius 2 is 2.14 bits per heavy atom. The second-order valence-corrected chi connectivity index (χ2v) is 6.56. The van der Waals surface area contributed by atoms with Gasteiger partial charge in [-0.25, -0.2) is 4.79 Å². The molecule has 21 heavy (non-hydrogen) atoms. The Morgan fingerprint density at radius 1 is 1.43 bits per heavy atom. The summed E-state index contributed by atoms with van der Waals surface area (Å²) < 4.78 is 4.86. The molecule has 0 aliphatic heterocycles. The second kappa shape index (κ2) is 6.58. The molecule has 116 valence electrons. The molecule has 0 bridgehead atoms. The number of thiophene rings is 1. The highest BCUT2D eigenvalue weighted by Gasteiger charge is 2.29. The maximum absolute atomic E-state index is 12.2. The average molecular weight is 310 g/mol. The number of carbonyl (C=O) groups excluding carboxylic acids is 2. The van der Waals surface area contributed by atoms with E-state index >= 15 is 0 Å². The number of esters is 1. The minimum atomic E-state index is -0.572. The van der Waals surface area contributed by atoms with Crippen LogP contribution in [0.25, 0.3) is 0 Å². The predicted octanol–water partition coefficient (Wildman–Crippen LogP) is 2.34. The maximum Gasteiger partial charge on any atom is 0.341 e. The zero-order valence-electron chi connectivity index (χ0n) is 12.7. The molecule has 0 radical (unpaired) electrons. The Balaban J connectivity index is 2.24. The molecule has 0 spiro atoms. The van der Waals surface area contributed by atoms with Crippen molar-refractivity contribution in [3.8, 4) is 0 Å². The summed E-state index contributed by atoms with van der Waals surface area (Å²) in [4.78, 5) is 25.4. The van der Waals surface area contributed by atoms with E-state index < -0.39 is 6.04 Å². The molecule has 0 saturated carbocycles. The summed E-state index contributed by atoms with van der Waals surface area (Å²) in [5.74, 6) is -0.533. The average Bonchev–Trinajstić information content (AvgIpc) is 3.05. The largest absolute Gasteiger partial charge is 0.465 e. The molecule has 0 fully saturated rings. The number of hydrogen-bond donors (Lipinski definition) is 2. The highest BCUT2D eigenvalue weighted by Crippen LogP contribution is 2.39. The Hall–Kier alpha value is -1.40. The second-order valence-electron chi connectivity index (χ2n) is 5.45. The molecule has 2 rings (SSSR count). The normalized spacial score (nSPS) is 16.2. The summed E-state index contributed by atoms with van der Waals surface area (Å²) >= 11 is 1.47. The summed E-state index contributed by atoms with van der Waals surface area (Å²) in [7, 11) is 1.36. The van der Waals surface area contributed by atoms with Crippen molar-refractivity contribution in [3.63, 3.8) is 0 Å². The van der Waals surface area contributed by atoms with E-state index in [1.165, 1.54) is 23.3 Å². The lowest BCUT2D eigenvalue weighted by molar-refractivity contribution is -0.118. The number of nitrogens with two attached hydrogens (primary N) is 1. The van der Waals surface area contributed by atoms with Gasteiger partial charge in [0.25, 0.3) is 0 Å². The molecule has 1 amide bonds. The van der Waals surface area contributed by atoms with Crippen LogP contribution in [0.15, 0.2) is 0 Å². The first-order valence-electron chi connectivity index (χ1n) is 7.28. The van der Waals surface area contributed by atoms with Crippen LogP contribution < -0.4 is 11.1 Å². The van der Waals surface area contributed by atoms with Crippen molar-refractivity contribution >= 4 is 28.2 Å². The number of aryl methyl sites for hydroxylation is 1. The monoisotopic (exact) mass is 310 g/mol. The van der Waals surface area contributed by atoms with Gasteiger partial charge in [0.2, 0.25) is 5.91 Å². The molecule has 5 nitrogen and oxygen atoms in total. The molecule has 1 aliphatic rings. The molecule has 1 aromatic heterocycles. The molecule has 1 heterocycles. The third-order valence-electron chi connectivity index (χ3n) is 4.11. The summed E-state index contributed by atoms with van der Waals surface area (Å²) in [5.41, 5.74) is 7.49. The van der Waals surface area contributed by atoms with Gasteiger partial charge in [-0.2, -0.15) is 0 Å². The number of nitrogens with one attached hydrogen (secondary N) is 1. The van der Waals surface area contributed by atoms with E-state index in [-0.39, 0.29) is 17.8 Å². The van der Waals surface area contributed by atoms with Crippen LogP contribution in [0.5, 0.6) is 0 Å². The molecule has 0 aromatic carbocycles. The van der Waals surface area contributed by atoms with E-state index in [4.69, 9.17) is 10.5 Å². The van der Waals surface area contributed by atoms with Crippen LogP contribution >= 0.6 is 11.3 Å². The summed E-state index contributed by atoms with van der Waals surface area (Å²) in [6, 6.07) is -0.572. The minimum Gasteiger partial charge on any atom is -0.465 e. The van der Waals surface area contributed by atoms with E-state index in [1.54, 1.807) is 0 Å². The molecule has 1 aliphatic carbocycles. The van der Waals surface area contributed by atoms with E-state index in [0.29, 0.717) is 10.6 Å². The lowest BCUT2D eigenvalue weighted by Crippen LogP contribution is -2.40. The number of amides is 1. The zero-order chi connectivity index (χ0) is 15.6. The fraction of sp³-hybridized carbons (Fsp3) is 0.600. The number of carbonyl (C=O) groups is 2. The van der Waals surface area contributed by atoms with Crippen molar-refractivity contribution in [1.82, 2.24) is 0 Å². The first-order chi connectivity index (χ1) is 9.99. The van der Waals surface area contributed by atoms with Gasteiger partial charge < -0.3 is 15.8 Å². The molecule has 0 saturated heterocycles. The van der Waals surface area contributed by atoms with Gasteiger partial charge in [0.05, 0.1) is 18.7 Å². The SMILES string of the molecule is CCC(C)C(N)C(=O)Nc1sc2c(c1C(=O)OC)CCC2. The van der Waals surface area contributed by atoms with Crippen molar-refractivity contribution in [2.45, 2.75) is 45.6 Å². The van der Waals surface area contributed by atoms with Gasteiger partial charge in [-0.15, -0.1) is 11.3 Å². The van der Waals surface area contributed by atoms with Crippen LogP contribution in [0.2, 0.25) is 0 Å². The van der Waals surface area contributed by atoms with Crippen LogP contribution in [-0.2, 0) is 22.4 Å². The Labute approximate surface area is 128 Å². The van der Waals surface area contributed by atoms with E-state index in [0.717, 1.165) is 31.2 Å². The first kappa shape index (κ1) is 16.0. The standard InChI is InChI=1S/C15H22N2O3S/c1-4-8(2)12(16)13(18)17-14-11(15(19)20-3)9-6-5-7-10(9)21-14/h8,12H,4-7,16H2,1-3H3,(H,17,18). The van der Waals surface area contributed by atoms with Gasteiger partial charge in [0.1, 0.15) is 5.00 Å². The Bertz CT molecular complexity index is 553. The summed E-state index contributed by atoms with van der Waals surface area (Å²) in [5, 5.41) is 3.40. The lowest BCUT2D eigenvalue weighted by Gasteiger charge is -2.17. The molecule has 1 aromatic rings. The third kappa shape index (κ3) is 3.11. The molecule has 2 atom stereocenters. The molecular weight excluding hydrogens is 288 g/mol. The fourth-order valence-corrected chi connectivity index (χ4v) is 3.80. The summed E-state index contributed by atoms with van der Waals surface area (Å²) in [6.07, 6.45) is 3.70. The Morgan fingerprint density at radius 3 is 2.76 bits per heavy atom. The van der Waals surface area contributed by atoms with Gasteiger partial charge in [0.15, 0.2) is 0 Å². The predicted molar refractivity (Wildman–Crippen MR) is 83.7 cm³/mol. The van der Waals surface area contributed by atoms with Crippen molar-refractivity contribution in [2.24, 2.45) is 11.7 Å². The Kier molecular flexibility index (Phi) is 5.00. The van der Waals surface area contributed by atoms with Crippen LogP contribution in [0.4, 0.5) is 5.00 Å². The molecule has 2 unspecified atom stereocenters. The fourth-order valence-electron chi connectivity index (χ4n) is 2.52. The number of hydrogen-bond acceptors (Lipinski definition) is 5. The van der Waals surface area contributed by atoms with Crippen LogP contribution in [0.1, 0.15) is 47.5 Å². The topological polar surface area (TPSA) is 81.4 Å². The molecule has 6 heteroatoms. The lowest BCUT2D eigenvalue weighted by atomic mass is 9.99. The number of anilines is 1. The van der Waals surface area contributed by atoms with Crippen LogP contribution in [-0.4, -0.2) is 25.0 Å². The third-order valence-corrected chi connectivity index (χ3v) is 5.31. The quantitative estimate of drug-likeness (QED) is 0.818. The van der Waals surface area contributed by atoms with Crippen molar-refractivity contribution in [3.05, 3.63) is 16.0 Å². The number of rotatable bonds is 5. The van der Waals surface area contributed by atoms with E-state index in [2.05, 4.69) is 5.32 Å². The van der Waals surface area contributed by atoms with Gasteiger partial charge in [0, 0.05) is 4.88 Å². The summed E-state index contributed by atoms with van der Waals surface area (Å²) in [6.45, 7) is 3.94. The number of ether oxygens (including phenoxy) is 1. The smallest absolute Gasteiger partial charge is 0.341 e. The molecule has 3 N–H and O–H groups in total. The van der Waals surface area contributed by atoms with Gasteiger partial charge >= 0.3 is 5.97 Å². The maximum atomic E-state index is 12.2. The zero-order valence-corrected chi connectivity index (χ0v) is 13.5. The highest BCUT2D eigenvalue weighted by molar-refractivity contribution is 7.17. The first-order valence-corrected chi connectivity index (χ1v) is 8.10. The van der Waals surface area contributed by atoms with E-state index in [1.807, 2.05) is 13.8 Å². The van der Waals surface area contributed by atoms with Crippen molar-refractivity contribution in [2.75, 3.05) is 12.4 Å². The van der Waals surface area contributed by atoms with Crippen LogP contribution in [0.3, 0.4) is 0 Å². The number of fused-ring (bicyclic) bond motifs is 1. The van der Waals surface area contributed by atoms with Crippen molar-refractivity contribution in [1.29, 1.82) is 0 Å². The van der Waals surface area contributed by atoms with Gasteiger partial charge in [-0.1, -0.05) is 20.3 Å². The minimum absolute atomic E-state index is 0.0957. The van der Waals surface area contributed by atoms with Gasteiger partial charge in [-0.3, -0.25) is 4.79 Å². The molecular formula is C15H22N2O3S. The van der Waals surface area contributed by atoms with E-state index in [9.17, 15) is 9.59 Å². The van der Waals surface area contributed by atoms with Crippen LogP contribution in [0, 0.1) is 5.92 Å². The van der Waals surface area contributed by atoms with Gasteiger partial charge in [-0.05, 0) is 30.7 Å². The highest BCUT2D eigenvalue weighted by atomic mass is 32.1. The number of methoxy groups -OCH3 is 1.